The molecule has 0 bridgehead atoms. The number of hydrogen-bond acceptors (Lipinski definition) is 3. The van der Waals surface area contributed by atoms with Gasteiger partial charge in [-0.3, -0.25) is 20.4 Å². The van der Waals surface area contributed by atoms with E-state index in [1.54, 1.807) is 12.3 Å². The Kier molecular flexibility index (Phi) is 5.56. The second-order valence-corrected chi connectivity index (χ2v) is 6.02. The zero-order valence-corrected chi connectivity index (χ0v) is 13.3. The highest BCUT2D eigenvalue weighted by atomic mass is 79.9. The van der Waals surface area contributed by atoms with Gasteiger partial charge in [0.25, 0.3) is 17.6 Å². The third-order valence-electron chi connectivity index (χ3n) is 2.52. The number of hydrazine groups is 1. The number of hydrogen-bond donors (Lipinski definition) is 3. The normalized spacial score (nSPS) is 10.5. The Labute approximate surface area is 137 Å². The third-order valence-corrected chi connectivity index (χ3v) is 3.70. The minimum absolute atomic E-state index is 0.242. The van der Waals surface area contributed by atoms with Crippen LogP contribution in [0.3, 0.4) is 0 Å². The molecule has 1 heterocycles. The Balaban J connectivity index is 1.90. The summed E-state index contributed by atoms with van der Waals surface area (Å²) in [5.41, 5.74) is 5.00. The summed E-state index contributed by atoms with van der Waals surface area (Å²) < 4.78 is 25.1. The maximum atomic E-state index is 12.2. The van der Waals surface area contributed by atoms with Crippen LogP contribution in [-0.2, 0) is 0 Å². The number of carbonyl (C=O) groups excluding carboxylic acids is 2. The van der Waals surface area contributed by atoms with Gasteiger partial charge in [0.1, 0.15) is 5.69 Å². The minimum Gasteiger partial charge on any atom is -0.356 e. The van der Waals surface area contributed by atoms with Crippen LogP contribution >= 0.6 is 27.7 Å². The van der Waals surface area contributed by atoms with Crippen LogP contribution in [0.5, 0.6) is 0 Å². The first-order valence-corrected chi connectivity index (χ1v) is 7.62. The van der Waals surface area contributed by atoms with Crippen molar-refractivity contribution in [1.82, 2.24) is 15.8 Å². The van der Waals surface area contributed by atoms with Gasteiger partial charge in [-0.25, -0.2) is 0 Å². The van der Waals surface area contributed by atoms with E-state index in [0.29, 0.717) is 21.1 Å². The first-order chi connectivity index (χ1) is 10.5. The SMILES string of the molecule is O=C(NNC(=O)c1cc(Br)c[nH]1)c1ccc(SC(F)F)cc1. The first-order valence-electron chi connectivity index (χ1n) is 5.95. The molecule has 3 N–H and O–H groups in total. The molecular formula is C13H10BrF2N3O2S. The van der Waals surface area contributed by atoms with Crippen molar-refractivity contribution in [2.45, 2.75) is 10.7 Å². The lowest BCUT2D eigenvalue weighted by molar-refractivity contribution is 0.0844. The molecule has 0 aliphatic rings. The number of thioether (sulfide) groups is 1. The molecule has 0 radical (unpaired) electrons. The van der Waals surface area contributed by atoms with Crippen LogP contribution in [0.1, 0.15) is 20.8 Å². The smallest absolute Gasteiger partial charge is 0.288 e. The molecule has 0 fully saturated rings. The van der Waals surface area contributed by atoms with Gasteiger partial charge >= 0.3 is 0 Å². The lowest BCUT2D eigenvalue weighted by atomic mass is 10.2. The predicted molar refractivity (Wildman–Crippen MR) is 81.7 cm³/mol. The highest BCUT2D eigenvalue weighted by Crippen LogP contribution is 2.25. The van der Waals surface area contributed by atoms with E-state index in [4.69, 9.17) is 0 Å². The lowest BCUT2D eigenvalue weighted by Crippen LogP contribution is -2.41. The van der Waals surface area contributed by atoms with E-state index in [1.807, 2.05) is 0 Å². The summed E-state index contributed by atoms with van der Waals surface area (Å²) in [6.45, 7) is 0. The van der Waals surface area contributed by atoms with Crippen molar-refractivity contribution >= 4 is 39.5 Å². The van der Waals surface area contributed by atoms with Crippen molar-refractivity contribution in [3.8, 4) is 0 Å². The number of aromatic amines is 1. The summed E-state index contributed by atoms with van der Waals surface area (Å²) in [4.78, 5) is 26.6. The monoisotopic (exact) mass is 389 g/mol. The summed E-state index contributed by atoms with van der Waals surface area (Å²) in [5, 5.41) is 0. The summed E-state index contributed by atoms with van der Waals surface area (Å²) >= 11 is 3.58. The standard InChI is InChI=1S/C13H10BrF2N3O2S/c14-8-5-10(17-6-8)12(21)19-18-11(20)7-1-3-9(4-2-7)22-13(15)16/h1-6,13,17H,(H,18,20)(H,19,21). The van der Waals surface area contributed by atoms with Crippen LogP contribution < -0.4 is 10.9 Å². The molecule has 0 saturated heterocycles. The van der Waals surface area contributed by atoms with Gasteiger partial charge in [-0.1, -0.05) is 11.8 Å². The van der Waals surface area contributed by atoms with Gasteiger partial charge in [0.15, 0.2) is 0 Å². The average molecular weight is 390 g/mol. The number of nitrogens with one attached hydrogen (secondary N) is 3. The Morgan fingerprint density at radius 2 is 1.77 bits per heavy atom. The quantitative estimate of drug-likeness (QED) is 0.555. The fourth-order valence-electron chi connectivity index (χ4n) is 1.54. The molecule has 22 heavy (non-hydrogen) atoms. The number of aromatic nitrogens is 1. The van der Waals surface area contributed by atoms with Gasteiger partial charge in [-0.15, -0.1) is 0 Å². The number of rotatable bonds is 4. The van der Waals surface area contributed by atoms with Gasteiger partial charge in [-0.05, 0) is 46.3 Å². The van der Waals surface area contributed by atoms with Crippen molar-refractivity contribution < 1.29 is 18.4 Å². The molecule has 0 atom stereocenters. The zero-order chi connectivity index (χ0) is 16.1. The first kappa shape index (κ1) is 16.5. The molecule has 0 aliphatic heterocycles. The summed E-state index contributed by atoms with van der Waals surface area (Å²) in [5.74, 6) is -3.57. The van der Waals surface area contributed by atoms with Crippen LogP contribution in [0.25, 0.3) is 0 Å². The molecule has 9 heteroatoms. The highest BCUT2D eigenvalue weighted by molar-refractivity contribution is 9.10. The van der Waals surface area contributed by atoms with Crippen molar-refractivity contribution in [1.29, 1.82) is 0 Å². The largest absolute Gasteiger partial charge is 0.356 e. The van der Waals surface area contributed by atoms with Gasteiger partial charge in [-0.2, -0.15) is 8.78 Å². The van der Waals surface area contributed by atoms with Crippen LogP contribution in [0, 0.1) is 0 Å². The molecule has 0 spiro atoms. The number of halogens is 3. The van der Waals surface area contributed by atoms with Crippen LogP contribution in [0.15, 0.2) is 45.9 Å². The maximum absolute atomic E-state index is 12.2. The number of alkyl halides is 2. The fourth-order valence-corrected chi connectivity index (χ4v) is 2.38. The number of carbonyl (C=O) groups is 2. The third kappa shape index (κ3) is 4.57. The zero-order valence-electron chi connectivity index (χ0n) is 10.9. The Morgan fingerprint density at radius 1 is 1.14 bits per heavy atom. The topological polar surface area (TPSA) is 74.0 Å². The Morgan fingerprint density at radius 3 is 2.32 bits per heavy atom. The molecule has 2 amide bonds. The van der Waals surface area contributed by atoms with E-state index in [0.717, 1.165) is 0 Å². The average Bonchev–Trinajstić information content (AvgIpc) is 2.91. The van der Waals surface area contributed by atoms with Gasteiger partial charge in [0.2, 0.25) is 0 Å². The van der Waals surface area contributed by atoms with E-state index in [9.17, 15) is 18.4 Å². The predicted octanol–water partition coefficient (Wildman–Crippen LogP) is 3.17. The molecule has 5 nitrogen and oxygen atoms in total. The van der Waals surface area contributed by atoms with Crippen molar-refractivity contribution in [3.05, 3.63) is 52.3 Å². The maximum Gasteiger partial charge on any atom is 0.288 e. The molecule has 2 aromatic rings. The molecule has 0 saturated carbocycles. The summed E-state index contributed by atoms with van der Waals surface area (Å²) in [6.07, 6.45) is 1.58. The molecule has 1 aromatic heterocycles. The number of benzene rings is 1. The summed E-state index contributed by atoms with van der Waals surface area (Å²) in [6, 6.07) is 7.18. The molecule has 1 aromatic carbocycles. The van der Waals surface area contributed by atoms with Gasteiger partial charge < -0.3 is 4.98 Å². The van der Waals surface area contributed by atoms with E-state index >= 15 is 0 Å². The fraction of sp³-hybridized carbons (Fsp3) is 0.0769. The van der Waals surface area contributed by atoms with E-state index in [1.165, 1.54) is 24.3 Å². The van der Waals surface area contributed by atoms with Crippen molar-refractivity contribution in [3.63, 3.8) is 0 Å². The Bertz CT molecular complexity index is 676. The molecular weight excluding hydrogens is 380 g/mol. The van der Waals surface area contributed by atoms with Gasteiger partial charge in [0, 0.05) is 21.1 Å². The van der Waals surface area contributed by atoms with Gasteiger partial charge in [0.05, 0.1) is 0 Å². The van der Waals surface area contributed by atoms with Crippen molar-refractivity contribution in [2.24, 2.45) is 0 Å². The van der Waals surface area contributed by atoms with Crippen LogP contribution in [0.2, 0.25) is 0 Å². The molecule has 0 unspecified atom stereocenters. The molecule has 2 rings (SSSR count). The van der Waals surface area contributed by atoms with Crippen LogP contribution in [0.4, 0.5) is 8.78 Å². The number of H-pyrrole nitrogens is 1. The number of amides is 2. The minimum atomic E-state index is -2.51. The second-order valence-electron chi connectivity index (χ2n) is 4.04. The van der Waals surface area contributed by atoms with E-state index < -0.39 is 17.6 Å². The Hall–Kier alpha value is -1.87. The van der Waals surface area contributed by atoms with E-state index in [-0.39, 0.29) is 11.3 Å². The van der Waals surface area contributed by atoms with Crippen LogP contribution in [-0.4, -0.2) is 22.6 Å². The lowest BCUT2D eigenvalue weighted by Gasteiger charge is -2.07. The molecule has 116 valence electrons. The van der Waals surface area contributed by atoms with E-state index in [2.05, 4.69) is 31.8 Å². The second kappa shape index (κ2) is 7.41. The summed E-state index contributed by atoms with van der Waals surface area (Å²) in [7, 11) is 0. The molecule has 0 aliphatic carbocycles. The highest BCUT2D eigenvalue weighted by Gasteiger charge is 2.11. The van der Waals surface area contributed by atoms with Crippen molar-refractivity contribution in [2.75, 3.05) is 0 Å².